The van der Waals surface area contributed by atoms with Gasteiger partial charge in [0.25, 0.3) is 0 Å². The quantitative estimate of drug-likeness (QED) is 0.838. The molecule has 0 radical (unpaired) electrons. The third kappa shape index (κ3) is 2.14. The van der Waals surface area contributed by atoms with Gasteiger partial charge in [0, 0.05) is 6.54 Å². The predicted molar refractivity (Wildman–Crippen MR) is 53.0 cm³/mol. The highest BCUT2D eigenvalue weighted by atomic mass is 19.4. The maximum absolute atomic E-state index is 12.6. The number of phenolic OH excluding ortho intramolecular Hbond substituents is 1. The average molecular weight is 231 g/mol. The monoisotopic (exact) mass is 231 g/mol. The third-order valence-electron chi connectivity index (χ3n) is 2.86. The van der Waals surface area contributed by atoms with Crippen molar-refractivity contribution < 1.29 is 18.3 Å². The molecule has 1 aliphatic rings. The summed E-state index contributed by atoms with van der Waals surface area (Å²) in [5.74, 6) is 0.112. The number of phenols is 1. The molecule has 2 rings (SSSR count). The number of hydrogen-bond acceptors (Lipinski definition) is 2. The van der Waals surface area contributed by atoms with Crippen molar-refractivity contribution in [2.45, 2.75) is 31.1 Å². The van der Waals surface area contributed by atoms with Crippen molar-refractivity contribution in [2.75, 3.05) is 0 Å². The summed E-state index contributed by atoms with van der Waals surface area (Å²) in [5, 5.41) is 11.6. The van der Waals surface area contributed by atoms with Crippen molar-refractivity contribution >= 4 is 0 Å². The van der Waals surface area contributed by atoms with Gasteiger partial charge >= 0.3 is 6.18 Å². The maximum Gasteiger partial charge on any atom is 0.406 e. The highest BCUT2D eigenvalue weighted by Gasteiger charge is 2.62. The molecule has 1 fully saturated rings. The molecule has 2 nitrogen and oxygen atoms in total. The topological polar surface area (TPSA) is 32.3 Å². The van der Waals surface area contributed by atoms with Crippen LogP contribution >= 0.6 is 0 Å². The van der Waals surface area contributed by atoms with Crippen LogP contribution in [0.1, 0.15) is 18.4 Å². The SMILES string of the molecule is Oc1ccc(CNC2(C(F)(F)F)CC2)cc1. The molecular weight excluding hydrogens is 219 g/mol. The number of aromatic hydroxyl groups is 1. The average Bonchev–Trinajstić information content (AvgIpc) is 2.97. The Hall–Kier alpha value is -1.23. The van der Waals surface area contributed by atoms with Crippen molar-refractivity contribution in [1.82, 2.24) is 5.32 Å². The van der Waals surface area contributed by atoms with Crippen LogP contribution < -0.4 is 5.32 Å². The van der Waals surface area contributed by atoms with Crippen LogP contribution in [0.4, 0.5) is 13.2 Å². The van der Waals surface area contributed by atoms with E-state index in [1.807, 2.05) is 0 Å². The van der Waals surface area contributed by atoms with Crippen molar-refractivity contribution in [3.8, 4) is 5.75 Å². The van der Waals surface area contributed by atoms with Gasteiger partial charge in [0.15, 0.2) is 0 Å². The van der Waals surface area contributed by atoms with E-state index in [0.717, 1.165) is 5.56 Å². The molecule has 0 aliphatic heterocycles. The van der Waals surface area contributed by atoms with Gasteiger partial charge in [-0.05, 0) is 30.5 Å². The Morgan fingerprint density at radius 2 is 1.75 bits per heavy atom. The van der Waals surface area contributed by atoms with Gasteiger partial charge in [0.1, 0.15) is 11.3 Å². The van der Waals surface area contributed by atoms with Gasteiger partial charge in [0.2, 0.25) is 0 Å². The number of rotatable bonds is 3. The first-order valence-electron chi connectivity index (χ1n) is 5.03. The fraction of sp³-hybridized carbons (Fsp3) is 0.455. The van der Waals surface area contributed by atoms with Crippen LogP contribution in [0.2, 0.25) is 0 Å². The van der Waals surface area contributed by atoms with Gasteiger partial charge in [-0.15, -0.1) is 0 Å². The molecule has 1 saturated carbocycles. The smallest absolute Gasteiger partial charge is 0.406 e. The van der Waals surface area contributed by atoms with Gasteiger partial charge in [-0.25, -0.2) is 0 Å². The molecule has 5 heteroatoms. The Morgan fingerprint density at radius 1 is 1.19 bits per heavy atom. The number of benzene rings is 1. The lowest BCUT2D eigenvalue weighted by molar-refractivity contribution is -0.166. The molecule has 1 aliphatic carbocycles. The first kappa shape index (κ1) is 11.3. The molecule has 0 unspecified atom stereocenters. The first-order valence-corrected chi connectivity index (χ1v) is 5.03. The number of alkyl halides is 3. The highest BCUT2D eigenvalue weighted by molar-refractivity contribution is 5.26. The molecule has 88 valence electrons. The molecule has 1 aromatic rings. The lowest BCUT2D eigenvalue weighted by atomic mass is 10.2. The second-order valence-electron chi connectivity index (χ2n) is 4.10. The highest BCUT2D eigenvalue weighted by Crippen LogP contribution is 2.49. The largest absolute Gasteiger partial charge is 0.508 e. The van der Waals surface area contributed by atoms with E-state index in [1.54, 1.807) is 12.1 Å². The Balaban J connectivity index is 1.96. The first-order chi connectivity index (χ1) is 7.43. The maximum atomic E-state index is 12.6. The van der Waals surface area contributed by atoms with Crippen LogP contribution in [0.5, 0.6) is 5.75 Å². The summed E-state index contributed by atoms with van der Waals surface area (Å²) >= 11 is 0. The zero-order valence-electron chi connectivity index (χ0n) is 8.51. The zero-order chi connectivity index (χ0) is 11.8. The molecule has 0 aromatic heterocycles. The van der Waals surface area contributed by atoms with Crippen molar-refractivity contribution in [3.63, 3.8) is 0 Å². The van der Waals surface area contributed by atoms with Crippen LogP contribution in [-0.4, -0.2) is 16.8 Å². The second-order valence-corrected chi connectivity index (χ2v) is 4.10. The summed E-state index contributed by atoms with van der Waals surface area (Å²) in [4.78, 5) is 0. The van der Waals surface area contributed by atoms with Gasteiger partial charge in [-0.2, -0.15) is 13.2 Å². The van der Waals surface area contributed by atoms with E-state index in [-0.39, 0.29) is 25.1 Å². The molecule has 0 saturated heterocycles. The summed E-state index contributed by atoms with van der Waals surface area (Å²) < 4.78 is 37.7. The minimum absolute atomic E-state index is 0.112. The predicted octanol–water partition coefficient (Wildman–Crippen LogP) is 2.58. The Bertz CT molecular complexity index is 368. The van der Waals surface area contributed by atoms with Gasteiger partial charge in [-0.3, -0.25) is 5.32 Å². The fourth-order valence-electron chi connectivity index (χ4n) is 1.57. The van der Waals surface area contributed by atoms with Gasteiger partial charge in [0.05, 0.1) is 0 Å². The van der Waals surface area contributed by atoms with Crippen LogP contribution in [0.3, 0.4) is 0 Å². The Morgan fingerprint density at radius 3 is 2.19 bits per heavy atom. The van der Waals surface area contributed by atoms with Crippen molar-refractivity contribution in [1.29, 1.82) is 0 Å². The summed E-state index contributed by atoms with van der Waals surface area (Å²) in [7, 11) is 0. The summed E-state index contributed by atoms with van der Waals surface area (Å²) in [6.45, 7) is 0.166. The van der Waals surface area contributed by atoms with Crippen LogP contribution in [0, 0.1) is 0 Å². The van der Waals surface area contributed by atoms with Crippen LogP contribution in [0.15, 0.2) is 24.3 Å². The zero-order valence-corrected chi connectivity index (χ0v) is 8.51. The lowest BCUT2D eigenvalue weighted by Gasteiger charge is -2.20. The van der Waals surface area contributed by atoms with Crippen molar-refractivity contribution in [3.05, 3.63) is 29.8 Å². The summed E-state index contributed by atoms with van der Waals surface area (Å²) in [6.07, 6.45) is -3.88. The van der Waals surface area contributed by atoms with E-state index in [9.17, 15) is 13.2 Å². The number of hydrogen-bond donors (Lipinski definition) is 2. The van der Waals surface area contributed by atoms with E-state index < -0.39 is 11.7 Å². The molecule has 0 heterocycles. The minimum Gasteiger partial charge on any atom is -0.508 e. The molecule has 16 heavy (non-hydrogen) atoms. The van der Waals surface area contributed by atoms with Gasteiger partial charge in [-0.1, -0.05) is 12.1 Å². The molecule has 0 amide bonds. The Labute approximate surface area is 91.1 Å². The molecule has 0 bridgehead atoms. The Kier molecular flexibility index (Phi) is 2.58. The summed E-state index contributed by atoms with van der Waals surface area (Å²) in [5.41, 5.74) is -0.946. The minimum atomic E-state index is -4.18. The molecular formula is C11H12F3NO. The number of halogens is 3. The van der Waals surface area contributed by atoms with E-state index in [0.29, 0.717) is 0 Å². The third-order valence-corrected chi connectivity index (χ3v) is 2.86. The van der Waals surface area contributed by atoms with E-state index in [2.05, 4.69) is 5.32 Å². The van der Waals surface area contributed by atoms with Crippen molar-refractivity contribution in [2.24, 2.45) is 0 Å². The van der Waals surface area contributed by atoms with E-state index in [1.165, 1.54) is 12.1 Å². The van der Waals surface area contributed by atoms with E-state index >= 15 is 0 Å². The summed E-state index contributed by atoms with van der Waals surface area (Å²) in [6, 6.07) is 6.14. The fourth-order valence-corrected chi connectivity index (χ4v) is 1.57. The van der Waals surface area contributed by atoms with Crippen LogP contribution in [0.25, 0.3) is 0 Å². The van der Waals surface area contributed by atoms with E-state index in [4.69, 9.17) is 5.11 Å². The van der Waals surface area contributed by atoms with Gasteiger partial charge < -0.3 is 5.11 Å². The molecule has 0 atom stereocenters. The molecule has 1 aromatic carbocycles. The standard InChI is InChI=1S/C11H12F3NO/c12-11(13,14)10(5-6-10)15-7-8-1-3-9(16)4-2-8/h1-4,15-16H,5-7H2. The molecule has 0 spiro atoms. The normalized spacial score (nSPS) is 18.4. The number of nitrogens with one attached hydrogen (secondary N) is 1. The lowest BCUT2D eigenvalue weighted by Crippen LogP contribution is -2.44. The van der Waals surface area contributed by atoms with Crippen LogP contribution in [-0.2, 0) is 6.54 Å². The second kappa shape index (κ2) is 3.66. The molecule has 2 N–H and O–H groups in total.